The number of Topliss-reactive ketones (excluding diaryl/α,β-unsaturated/α-hetero) is 1. The van der Waals surface area contributed by atoms with Gasteiger partial charge in [0.15, 0.2) is 0 Å². The molecule has 1 aliphatic rings. The summed E-state index contributed by atoms with van der Waals surface area (Å²) in [6.45, 7) is 0.110. The van der Waals surface area contributed by atoms with Crippen molar-refractivity contribution in [1.29, 1.82) is 0 Å². The molecule has 1 aliphatic carbocycles. The zero-order chi connectivity index (χ0) is 23.7. The lowest BCUT2D eigenvalue weighted by molar-refractivity contribution is -0.144. The number of hydrogen-bond acceptors (Lipinski definition) is 6. The van der Waals surface area contributed by atoms with Gasteiger partial charge >= 0.3 is 5.97 Å². The molecule has 2 aromatic heterocycles. The van der Waals surface area contributed by atoms with E-state index in [1.807, 2.05) is 54.7 Å². The zero-order valence-electron chi connectivity index (χ0n) is 18.7. The maximum atomic E-state index is 13.8. The van der Waals surface area contributed by atoms with Crippen molar-refractivity contribution in [2.75, 3.05) is 0 Å². The van der Waals surface area contributed by atoms with Crippen molar-refractivity contribution < 1.29 is 19.1 Å². The highest BCUT2D eigenvalue weighted by atomic mass is 16.4. The van der Waals surface area contributed by atoms with Gasteiger partial charge in [-0.1, -0.05) is 42.5 Å². The summed E-state index contributed by atoms with van der Waals surface area (Å²) in [6.07, 6.45) is 3.17. The van der Waals surface area contributed by atoms with Gasteiger partial charge in [-0.25, -0.2) is 0 Å². The molecule has 2 aromatic carbocycles. The summed E-state index contributed by atoms with van der Waals surface area (Å²) >= 11 is 0. The van der Waals surface area contributed by atoms with Crippen LogP contribution in [0.25, 0.3) is 10.9 Å². The molecule has 1 atom stereocenters. The molecule has 8 nitrogen and oxygen atoms in total. The lowest BCUT2D eigenvalue weighted by Crippen LogP contribution is -2.35. The molecule has 4 N–H and O–H groups in total. The molecule has 8 heteroatoms. The lowest BCUT2D eigenvalue weighted by atomic mass is 9.74. The Kier molecular flexibility index (Phi) is 5.75. The number of aliphatic carboxylic acids is 1. The first-order valence-corrected chi connectivity index (χ1v) is 11.4. The number of carboxylic acid groups (broad SMARTS) is 1. The molecule has 5 rings (SSSR count). The minimum Gasteiger partial charge on any atom is -0.481 e. The summed E-state index contributed by atoms with van der Waals surface area (Å²) in [5, 5.41) is 18.9. The highest BCUT2D eigenvalue weighted by molar-refractivity contribution is 5.91. The molecule has 0 saturated carbocycles. The number of carbonyl (C=O) groups excluding carboxylic acids is 1. The molecule has 174 valence electrons. The first-order valence-electron chi connectivity index (χ1n) is 11.4. The number of ketones is 1. The van der Waals surface area contributed by atoms with Gasteiger partial charge in [-0.3, -0.25) is 9.59 Å². The fourth-order valence-corrected chi connectivity index (χ4v) is 5.17. The Morgan fingerprint density at radius 2 is 1.79 bits per heavy atom. The summed E-state index contributed by atoms with van der Waals surface area (Å²) < 4.78 is 5.77. The molecule has 0 bridgehead atoms. The van der Waals surface area contributed by atoms with Crippen molar-refractivity contribution in [3.63, 3.8) is 0 Å². The molecule has 4 aromatic rings. The van der Waals surface area contributed by atoms with Gasteiger partial charge in [0.25, 0.3) is 0 Å². The highest BCUT2D eigenvalue weighted by Gasteiger charge is 2.46. The number of benzene rings is 2. The Morgan fingerprint density at radius 3 is 2.47 bits per heavy atom. The average Bonchev–Trinajstić information content (AvgIpc) is 3.55. The number of fused-ring (bicyclic) bond motifs is 2. The maximum absolute atomic E-state index is 13.8. The minimum absolute atomic E-state index is 0.0940. The van der Waals surface area contributed by atoms with Crippen LogP contribution >= 0.6 is 0 Å². The van der Waals surface area contributed by atoms with Crippen LogP contribution in [-0.2, 0) is 35.4 Å². The number of nitrogens with one attached hydrogen (secondary N) is 1. The molecular formula is C26H26N4O4. The van der Waals surface area contributed by atoms with E-state index < -0.39 is 17.3 Å². The highest BCUT2D eigenvalue weighted by Crippen LogP contribution is 2.43. The third kappa shape index (κ3) is 4.12. The second-order valence-corrected chi connectivity index (χ2v) is 9.10. The van der Waals surface area contributed by atoms with E-state index in [0.717, 1.165) is 27.6 Å². The normalized spacial score (nSPS) is 15.3. The molecule has 2 heterocycles. The molecule has 0 fully saturated rings. The Morgan fingerprint density at radius 1 is 1.09 bits per heavy atom. The second-order valence-electron chi connectivity index (χ2n) is 9.10. The van der Waals surface area contributed by atoms with Crippen LogP contribution < -0.4 is 5.73 Å². The van der Waals surface area contributed by atoms with Crippen LogP contribution in [0.15, 0.2) is 59.1 Å². The molecule has 0 unspecified atom stereocenters. The summed E-state index contributed by atoms with van der Waals surface area (Å²) in [6, 6.07) is 15.7. The van der Waals surface area contributed by atoms with E-state index in [0.29, 0.717) is 31.0 Å². The van der Waals surface area contributed by atoms with Gasteiger partial charge in [-0.05, 0) is 42.0 Å². The van der Waals surface area contributed by atoms with E-state index >= 15 is 0 Å². The van der Waals surface area contributed by atoms with Crippen molar-refractivity contribution in [1.82, 2.24) is 15.2 Å². The number of para-hydroxylation sites is 1. The van der Waals surface area contributed by atoms with E-state index in [2.05, 4.69) is 15.2 Å². The molecule has 34 heavy (non-hydrogen) atoms. The summed E-state index contributed by atoms with van der Waals surface area (Å²) in [7, 11) is 0. The van der Waals surface area contributed by atoms with Crippen LogP contribution in [-0.4, -0.2) is 32.0 Å². The summed E-state index contributed by atoms with van der Waals surface area (Å²) in [5.74, 6) is -0.810. The predicted octanol–water partition coefficient (Wildman–Crippen LogP) is 3.56. The average molecular weight is 459 g/mol. The smallest absolute Gasteiger partial charge is 0.304 e. The molecule has 0 saturated heterocycles. The number of H-pyrrole nitrogens is 1. The summed E-state index contributed by atoms with van der Waals surface area (Å²) in [5.41, 5.74) is 8.79. The standard InChI is InChI=1S/C26H26N4O4/c27-14-23-29-30-25(34-23)18(9-19-15-28-21-8-4-3-7-20(19)21)10-22(31)26(13-24(32)33)11-16-5-1-2-6-17(16)12-26/h1-8,15,18,28H,9-14,27H2,(H,32,33)/t18-/m1/s1. The van der Waals surface area contributed by atoms with Gasteiger partial charge in [0.2, 0.25) is 11.8 Å². The monoisotopic (exact) mass is 458 g/mol. The Hall–Kier alpha value is -3.78. The summed E-state index contributed by atoms with van der Waals surface area (Å²) in [4.78, 5) is 28.9. The number of carboxylic acids is 1. The lowest BCUT2D eigenvalue weighted by Gasteiger charge is -2.27. The number of nitrogens with zero attached hydrogens (tertiary/aromatic N) is 2. The Bertz CT molecular complexity index is 1330. The molecule has 0 aliphatic heterocycles. The van der Waals surface area contributed by atoms with E-state index in [4.69, 9.17) is 10.2 Å². The van der Waals surface area contributed by atoms with E-state index in [1.165, 1.54) is 0 Å². The van der Waals surface area contributed by atoms with Crippen molar-refractivity contribution in [3.8, 4) is 0 Å². The number of carbonyl (C=O) groups is 2. The van der Waals surface area contributed by atoms with Gasteiger partial charge in [0.05, 0.1) is 13.0 Å². The van der Waals surface area contributed by atoms with Gasteiger partial charge < -0.3 is 20.2 Å². The van der Waals surface area contributed by atoms with Gasteiger partial charge in [0, 0.05) is 34.9 Å². The van der Waals surface area contributed by atoms with Crippen LogP contribution in [0.1, 0.15) is 47.2 Å². The van der Waals surface area contributed by atoms with Gasteiger partial charge in [-0.2, -0.15) is 0 Å². The Labute approximate surface area is 196 Å². The second kappa shape index (κ2) is 8.87. The van der Waals surface area contributed by atoms with Crippen molar-refractivity contribution in [2.24, 2.45) is 11.1 Å². The van der Waals surface area contributed by atoms with Crippen LogP contribution in [0, 0.1) is 5.41 Å². The minimum atomic E-state index is -0.981. The molecule has 0 radical (unpaired) electrons. The maximum Gasteiger partial charge on any atom is 0.304 e. The number of rotatable bonds is 9. The number of aromatic nitrogens is 3. The largest absolute Gasteiger partial charge is 0.481 e. The number of aromatic amines is 1. The molecule has 0 amide bonds. The van der Waals surface area contributed by atoms with Crippen LogP contribution in [0.3, 0.4) is 0 Å². The number of nitrogens with two attached hydrogens (primary N) is 1. The van der Waals surface area contributed by atoms with Crippen molar-refractivity contribution >= 4 is 22.7 Å². The van der Waals surface area contributed by atoms with E-state index in [9.17, 15) is 14.7 Å². The first kappa shape index (κ1) is 22.0. The molecule has 0 spiro atoms. The first-order chi connectivity index (χ1) is 16.5. The van der Waals surface area contributed by atoms with Crippen LogP contribution in [0.2, 0.25) is 0 Å². The molecular weight excluding hydrogens is 432 g/mol. The fourth-order valence-electron chi connectivity index (χ4n) is 5.17. The van der Waals surface area contributed by atoms with Gasteiger partial charge in [-0.15, -0.1) is 10.2 Å². The van der Waals surface area contributed by atoms with Gasteiger partial charge in [0.1, 0.15) is 5.78 Å². The predicted molar refractivity (Wildman–Crippen MR) is 125 cm³/mol. The SMILES string of the molecule is NCc1nnc([C@@H](CC(=O)C2(CC(=O)O)Cc3ccccc3C2)Cc2c[nH]c3ccccc23)o1. The van der Waals surface area contributed by atoms with Crippen LogP contribution in [0.5, 0.6) is 0 Å². The van der Waals surface area contributed by atoms with Crippen LogP contribution in [0.4, 0.5) is 0 Å². The zero-order valence-corrected chi connectivity index (χ0v) is 18.7. The quantitative estimate of drug-likeness (QED) is 0.349. The van der Waals surface area contributed by atoms with E-state index in [1.54, 1.807) is 0 Å². The van der Waals surface area contributed by atoms with Crippen molar-refractivity contribution in [3.05, 3.63) is 83.2 Å². The third-order valence-electron chi connectivity index (χ3n) is 6.84. The Balaban J connectivity index is 1.47. The topological polar surface area (TPSA) is 135 Å². The number of hydrogen-bond donors (Lipinski definition) is 3. The van der Waals surface area contributed by atoms with Crippen molar-refractivity contribution in [2.45, 2.75) is 44.6 Å². The third-order valence-corrected chi connectivity index (χ3v) is 6.84. The fraction of sp³-hybridized carbons (Fsp3) is 0.308. The van der Waals surface area contributed by atoms with E-state index in [-0.39, 0.29) is 25.2 Å².